The Labute approximate surface area is 219 Å². The molecule has 2 heterocycles. The highest BCUT2D eigenvalue weighted by Crippen LogP contribution is 2.38. The van der Waals surface area contributed by atoms with Gasteiger partial charge in [-0.05, 0) is 101 Å². The standard InChI is InChI=1S/C28H39ClN2O3S/c1-34-21-10-11-26-24(19-21)23(25(29)20-30-26)9-5-12-28(27(32)33)13-16-31(17-14-28)15-6-18-35-22-7-3-2-4-8-22/h10-11,19-20,22H,2-9,12-18H2,1H3,(H,32,33). The zero-order chi connectivity index (χ0) is 24.7. The van der Waals surface area contributed by atoms with E-state index in [1.54, 1.807) is 13.3 Å². The van der Waals surface area contributed by atoms with Gasteiger partial charge in [0.2, 0.25) is 0 Å². The summed E-state index contributed by atoms with van der Waals surface area (Å²) in [6.45, 7) is 2.86. The molecule has 4 rings (SSSR count). The van der Waals surface area contributed by atoms with E-state index >= 15 is 0 Å². The topological polar surface area (TPSA) is 62.7 Å². The molecule has 0 bridgehead atoms. The number of carboxylic acid groups (broad SMARTS) is 1. The number of fused-ring (bicyclic) bond motifs is 1. The van der Waals surface area contributed by atoms with Gasteiger partial charge >= 0.3 is 5.97 Å². The molecule has 1 saturated carbocycles. The fourth-order valence-electron chi connectivity index (χ4n) is 5.73. The molecule has 192 valence electrons. The van der Waals surface area contributed by atoms with Crippen molar-refractivity contribution < 1.29 is 14.6 Å². The lowest BCUT2D eigenvalue weighted by atomic mass is 9.74. The van der Waals surface area contributed by atoms with Crippen molar-refractivity contribution in [1.29, 1.82) is 0 Å². The van der Waals surface area contributed by atoms with E-state index < -0.39 is 11.4 Å². The minimum absolute atomic E-state index is 0.625. The van der Waals surface area contributed by atoms with Gasteiger partial charge in [0.05, 0.1) is 23.1 Å². The van der Waals surface area contributed by atoms with Crippen LogP contribution in [-0.2, 0) is 11.2 Å². The predicted octanol–water partition coefficient (Wildman–Crippen LogP) is 6.84. The Morgan fingerprint density at radius 3 is 2.71 bits per heavy atom. The summed E-state index contributed by atoms with van der Waals surface area (Å²) in [5.74, 6) is 1.36. The van der Waals surface area contributed by atoms with Crippen LogP contribution >= 0.6 is 23.4 Å². The van der Waals surface area contributed by atoms with Crippen LogP contribution in [0.5, 0.6) is 5.75 Å². The summed E-state index contributed by atoms with van der Waals surface area (Å²) in [6.07, 6.45) is 13.6. The summed E-state index contributed by atoms with van der Waals surface area (Å²) in [4.78, 5) is 19.3. The van der Waals surface area contributed by atoms with Crippen LogP contribution < -0.4 is 4.74 Å². The zero-order valence-electron chi connectivity index (χ0n) is 20.9. The van der Waals surface area contributed by atoms with Crippen LogP contribution in [0.4, 0.5) is 0 Å². The Balaban J connectivity index is 1.27. The molecule has 0 spiro atoms. The van der Waals surface area contributed by atoms with Crippen molar-refractivity contribution >= 4 is 40.2 Å². The SMILES string of the molecule is COc1ccc2ncc(Cl)c(CCCC3(C(=O)O)CCN(CCCSC4CCCCC4)CC3)c2c1. The molecule has 1 aliphatic heterocycles. The zero-order valence-corrected chi connectivity index (χ0v) is 22.5. The van der Waals surface area contributed by atoms with Crippen molar-refractivity contribution in [2.24, 2.45) is 5.41 Å². The number of pyridine rings is 1. The number of aryl methyl sites for hydroxylation is 1. The van der Waals surface area contributed by atoms with E-state index in [1.807, 2.05) is 18.2 Å². The number of nitrogens with zero attached hydrogens (tertiary/aromatic N) is 2. The highest BCUT2D eigenvalue weighted by atomic mass is 35.5. The van der Waals surface area contributed by atoms with Crippen molar-refractivity contribution in [2.75, 3.05) is 32.5 Å². The average Bonchev–Trinajstić information content (AvgIpc) is 2.89. The van der Waals surface area contributed by atoms with Crippen LogP contribution in [0.1, 0.15) is 69.8 Å². The number of methoxy groups -OCH3 is 1. The summed E-state index contributed by atoms with van der Waals surface area (Å²) in [7, 11) is 1.65. The maximum atomic E-state index is 12.3. The van der Waals surface area contributed by atoms with Crippen molar-refractivity contribution in [3.63, 3.8) is 0 Å². The Bertz CT molecular complexity index is 988. The van der Waals surface area contributed by atoms with Crippen molar-refractivity contribution in [1.82, 2.24) is 9.88 Å². The van der Waals surface area contributed by atoms with Crippen molar-refractivity contribution in [3.8, 4) is 5.75 Å². The van der Waals surface area contributed by atoms with E-state index in [4.69, 9.17) is 16.3 Å². The first kappa shape index (κ1) is 26.6. The molecule has 0 atom stereocenters. The Hall–Kier alpha value is -1.50. The number of likely N-dealkylation sites (tertiary alicyclic amines) is 1. The minimum atomic E-state index is -0.641. The third kappa shape index (κ3) is 6.84. The van der Waals surface area contributed by atoms with E-state index in [9.17, 15) is 9.90 Å². The molecular weight excluding hydrogens is 480 g/mol. The number of piperidine rings is 1. The van der Waals surface area contributed by atoms with Gasteiger partial charge in [-0.25, -0.2) is 0 Å². The van der Waals surface area contributed by atoms with E-state index in [0.717, 1.165) is 72.8 Å². The van der Waals surface area contributed by atoms with Gasteiger partial charge in [0, 0.05) is 16.8 Å². The Morgan fingerprint density at radius 1 is 1.23 bits per heavy atom. The molecule has 1 aromatic heterocycles. The summed E-state index contributed by atoms with van der Waals surface area (Å²) >= 11 is 8.68. The molecule has 7 heteroatoms. The lowest BCUT2D eigenvalue weighted by Gasteiger charge is -2.39. The number of carboxylic acids is 1. The number of rotatable bonds is 11. The quantitative estimate of drug-likeness (QED) is 0.328. The van der Waals surface area contributed by atoms with Crippen molar-refractivity contribution in [2.45, 2.75) is 75.9 Å². The Morgan fingerprint density at radius 2 is 2.00 bits per heavy atom. The van der Waals surface area contributed by atoms with Gasteiger partial charge in [0.1, 0.15) is 5.75 Å². The first-order valence-electron chi connectivity index (χ1n) is 13.2. The second-order valence-electron chi connectivity index (χ2n) is 10.2. The van der Waals surface area contributed by atoms with Crippen LogP contribution in [0.2, 0.25) is 5.02 Å². The third-order valence-electron chi connectivity index (χ3n) is 8.01. The second-order valence-corrected chi connectivity index (χ2v) is 12.0. The van der Waals surface area contributed by atoms with E-state index in [2.05, 4.69) is 21.6 Å². The molecular formula is C28H39ClN2O3S. The fraction of sp³-hybridized carbons (Fsp3) is 0.643. The number of thioether (sulfide) groups is 1. The maximum absolute atomic E-state index is 12.3. The number of halogens is 1. The largest absolute Gasteiger partial charge is 0.497 e. The van der Waals surface area contributed by atoms with Crippen LogP contribution in [0.15, 0.2) is 24.4 Å². The first-order valence-corrected chi connectivity index (χ1v) is 14.6. The average molecular weight is 519 g/mol. The maximum Gasteiger partial charge on any atom is 0.309 e. The monoisotopic (exact) mass is 518 g/mol. The lowest BCUT2D eigenvalue weighted by molar-refractivity contribution is -0.152. The van der Waals surface area contributed by atoms with Gasteiger partial charge in [-0.15, -0.1) is 0 Å². The number of benzene rings is 1. The normalized spacial score (nSPS) is 19.1. The molecule has 1 aromatic carbocycles. The van der Waals surface area contributed by atoms with Gasteiger partial charge in [0.25, 0.3) is 0 Å². The van der Waals surface area contributed by atoms with Gasteiger partial charge in [-0.3, -0.25) is 9.78 Å². The van der Waals surface area contributed by atoms with Gasteiger partial charge < -0.3 is 14.7 Å². The molecule has 1 aliphatic carbocycles. The molecule has 0 unspecified atom stereocenters. The van der Waals surface area contributed by atoms with Crippen molar-refractivity contribution in [3.05, 3.63) is 35.0 Å². The molecule has 35 heavy (non-hydrogen) atoms. The molecule has 5 nitrogen and oxygen atoms in total. The number of carbonyl (C=O) groups is 1. The van der Waals surface area contributed by atoms with Gasteiger partial charge in [-0.1, -0.05) is 30.9 Å². The number of ether oxygens (including phenoxy) is 1. The third-order valence-corrected chi connectivity index (χ3v) is 9.80. The van der Waals surface area contributed by atoms with Gasteiger partial charge in [-0.2, -0.15) is 11.8 Å². The molecule has 2 fully saturated rings. The highest BCUT2D eigenvalue weighted by molar-refractivity contribution is 7.99. The number of aromatic nitrogens is 1. The molecule has 1 saturated heterocycles. The Kier molecular flexibility index (Phi) is 9.60. The summed E-state index contributed by atoms with van der Waals surface area (Å²) in [6, 6.07) is 5.81. The summed E-state index contributed by atoms with van der Waals surface area (Å²) in [5, 5.41) is 12.6. The lowest BCUT2D eigenvalue weighted by Crippen LogP contribution is -2.44. The molecule has 1 N–H and O–H groups in total. The smallest absolute Gasteiger partial charge is 0.309 e. The molecule has 0 amide bonds. The second kappa shape index (κ2) is 12.6. The van der Waals surface area contributed by atoms with E-state index in [1.165, 1.54) is 44.3 Å². The van der Waals surface area contributed by atoms with E-state index in [0.29, 0.717) is 11.4 Å². The van der Waals surface area contributed by atoms with E-state index in [-0.39, 0.29) is 0 Å². The molecule has 0 radical (unpaired) electrons. The van der Waals surface area contributed by atoms with Gasteiger partial charge in [0.15, 0.2) is 0 Å². The number of hydrogen-bond donors (Lipinski definition) is 1. The highest BCUT2D eigenvalue weighted by Gasteiger charge is 2.40. The fourth-order valence-corrected chi connectivity index (χ4v) is 7.27. The number of hydrogen-bond acceptors (Lipinski definition) is 5. The van der Waals surface area contributed by atoms with Crippen LogP contribution in [0.3, 0.4) is 0 Å². The van der Waals surface area contributed by atoms with Crippen LogP contribution in [0.25, 0.3) is 10.9 Å². The van der Waals surface area contributed by atoms with Crippen LogP contribution in [-0.4, -0.2) is 58.7 Å². The minimum Gasteiger partial charge on any atom is -0.497 e. The summed E-state index contributed by atoms with van der Waals surface area (Å²) < 4.78 is 5.39. The number of aliphatic carboxylic acids is 1. The molecule has 2 aromatic rings. The molecule has 2 aliphatic rings. The summed E-state index contributed by atoms with van der Waals surface area (Å²) in [5.41, 5.74) is 1.29. The first-order chi connectivity index (χ1) is 17.0. The van der Waals surface area contributed by atoms with Crippen LogP contribution in [0, 0.1) is 5.41 Å². The predicted molar refractivity (Wildman–Crippen MR) is 146 cm³/mol.